The van der Waals surface area contributed by atoms with Crippen molar-refractivity contribution in [1.29, 1.82) is 0 Å². The van der Waals surface area contributed by atoms with Gasteiger partial charge in [-0.05, 0) is 18.1 Å². The van der Waals surface area contributed by atoms with E-state index in [0.29, 0.717) is 13.2 Å². The van der Waals surface area contributed by atoms with Gasteiger partial charge in [0, 0.05) is 33.7 Å². The molecule has 2 atom stereocenters. The number of likely N-dealkylation sites (tertiary alicyclic amines) is 1. The van der Waals surface area contributed by atoms with Crippen LogP contribution in [0.25, 0.3) is 0 Å². The maximum atomic E-state index is 12.5. The molecule has 0 aliphatic carbocycles. The van der Waals surface area contributed by atoms with Crippen LogP contribution in [0.5, 0.6) is 0 Å². The van der Waals surface area contributed by atoms with Gasteiger partial charge in [0.15, 0.2) is 0 Å². The van der Waals surface area contributed by atoms with Crippen molar-refractivity contribution in [3.63, 3.8) is 0 Å². The highest BCUT2D eigenvalue weighted by Gasteiger charge is 2.50. The Labute approximate surface area is 141 Å². The standard InChI is InChI=1S/C17H24N2O5/c1-17(15(20)21)8-14(24-3)10-19(17)16(22)18-9-12-5-4-6-13(7-12)11-23-2/h4-7,14H,8-11H2,1-3H3,(H,18,22)(H,20,21). The predicted octanol–water partition coefficient (Wildman–Crippen LogP) is 1.61. The maximum Gasteiger partial charge on any atom is 0.329 e. The molecular formula is C17H24N2O5. The summed E-state index contributed by atoms with van der Waals surface area (Å²) in [6, 6.07) is 7.28. The number of carboxylic acids is 1. The van der Waals surface area contributed by atoms with Gasteiger partial charge in [0.25, 0.3) is 0 Å². The van der Waals surface area contributed by atoms with Gasteiger partial charge in [-0.3, -0.25) is 0 Å². The molecule has 0 bridgehead atoms. The molecule has 2 unspecified atom stereocenters. The third kappa shape index (κ3) is 3.85. The van der Waals surface area contributed by atoms with Crippen molar-refractivity contribution in [2.75, 3.05) is 20.8 Å². The number of carbonyl (C=O) groups is 2. The molecule has 132 valence electrons. The zero-order valence-corrected chi connectivity index (χ0v) is 14.2. The lowest BCUT2D eigenvalue weighted by Crippen LogP contribution is -2.53. The largest absolute Gasteiger partial charge is 0.480 e. The summed E-state index contributed by atoms with van der Waals surface area (Å²) < 4.78 is 10.3. The number of nitrogens with zero attached hydrogens (tertiary/aromatic N) is 1. The Hall–Kier alpha value is -2.12. The van der Waals surface area contributed by atoms with E-state index in [0.717, 1.165) is 11.1 Å². The molecular weight excluding hydrogens is 312 g/mol. The van der Waals surface area contributed by atoms with Crippen LogP contribution in [0.2, 0.25) is 0 Å². The normalized spacial score (nSPS) is 23.3. The molecule has 1 aromatic carbocycles. The molecule has 1 saturated heterocycles. The molecule has 0 aromatic heterocycles. The van der Waals surface area contributed by atoms with Gasteiger partial charge in [0.2, 0.25) is 0 Å². The summed E-state index contributed by atoms with van der Waals surface area (Å²) in [4.78, 5) is 25.4. The molecule has 24 heavy (non-hydrogen) atoms. The highest BCUT2D eigenvalue weighted by Crippen LogP contribution is 2.31. The van der Waals surface area contributed by atoms with Gasteiger partial charge in [-0.1, -0.05) is 24.3 Å². The van der Waals surface area contributed by atoms with Crippen molar-refractivity contribution in [2.24, 2.45) is 0 Å². The van der Waals surface area contributed by atoms with Crippen molar-refractivity contribution in [3.05, 3.63) is 35.4 Å². The van der Waals surface area contributed by atoms with Crippen molar-refractivity contribution in [3.8, 4) is 0 Å². The number of amides is 2. The van der Waals surface area contributed by atoms with Gasteiger partial charge in [-0.2, -0.15) is 0 Å². The summed E-state index contributed by atoms with van der Waals surface area (Å²) in [6.07, 6.45) is -0.00265. The number of urea groups is 1. The van der Waals surface area contributed by atoms with Gasteiger partial charge < -0.3 is 24.8 Å². The van der Waals surface area contributed by atoms with Crippen LogP contribution in [0.15, 0.2) is 24.3 Å². The maximum absolute atomic E-state index is 12.5. The van der Waals surface area contributed by atoms with Crippen molar-refractivity contribution < 1.29 is 24.2 Å². The van der Waals surface area contributed by atoms with Crippen LogP contribution in [0.1, 0.15) is 24.5 Å². The molecule has 1 aliphatic heterocycles. The minimum atomic E-state index is -1.26. The average Bonchev–Trinajstić information content (AvgIpc) is 2.92. The Kier molecular flexibility index (Phi) is 5.80. The SMILES string of the molecule is COCc1cccc(CNC(=O)N2CC(OC)CC2(C)C(=O)O)c1. The molecule has 0 saturated carbocycles. The zero-order chi connectivity index (χ0) is 17.7. The molecule has 2 amide bonds. The van der Waals surface area contributed by atoms with Gasteiger partial charge in [-0.25, -0.2) is 9.59 Å². The van der Waals surface area contributed by atoms with Crippen LogP contribution in [0.3, 0.4) is 0 Å². The lowest BCUT2D eigenvalue weighted by molar-refractivity contribution is -0.147. The highest BCUT2D eigenvalue weighted by atomic mass is 16.5. The number of aliphatic carboxylic acids is 1. The fraction of sp³-hybridized carbons (Fsp3) is 0.529. The minimum absolute atomic E-state index is 0.259. The van der Waals surface area contributed by atoms with Crippen LogP contribution >= 0.6 is 0 Å². The summed E-state index contributed by atoms with van der Waals surface area (Å²) in [7, 11) is 3.15. The van der Waals surface area contributed by atoms with Crippen molar-refractivity contribution in [2.45, 2.75) is 38.1 Å². The number of carboxylic acid groups (broad SMARTS) is 1. The third-order valence-electron chi connectivity index (χ3n) is 4.39. The van der Waals surface area contributed by atoms with Crippen LogP contribution < -0.4 is 5.32 Å². The van der Waals surface area contributed by atoms with E-state index in [2.05, 4.69) is 5.32 Å². The lowest BCUT2D eigenvalue weighted by atomic mass is 9.98. The molecule has 1 fully saturated rings. The number of hydrogen-bond donors (Lipinski definition) is 2. The second kappa shape index (κ2) is 7.63. The van der Waals surface area contributed by atoms with E-state index >= 15 is 0 Å². The molecule has 1 aromatic rings. The topological polar surface area (TPSA) is 88.1 Å². The van der Waals surface area contributed by atoms with E-state index in [1.165, 1.54) is 12.0 Å². The molecule has 2 N–H and O–H groups in total. The molecule has 1 heterocycles. The number of methoxy groups -OCH3 is 2. The fourth-order valence-corrected chi connectivity index (χ4v) is 2.96. The molecule has 7 heteroatoms. The minimum Gasteiger partial charge on any atom is -0.480 e. The summed E-state index contributed by atoms with van der Waals surface area (Å²) >= 11 is 0. The predicted molar refractivity (Wildman–Crippen MR) is 87.6 cm³/mol. The molecule has 0 spiro atoms. The van der Waals surface area contributed by atoms with Gasteiger partial charge in [0.05, 0.1) is 12.7 Å². The number of ether oxygens (including phenoxy) is 2. The third-order valence-corrected chi connectivity index (χ3v) is 4.39. The monoisotopic (exact) mass is 336 g/mol. The number of carbonyl (C=O) groups excluding carboxylic acids is 1. The Morgan fingerprint density at radius 3 is 2.71 bits per heavy atom. The van der Waals surface area contributed by atoms with E-state index in [1.54, 1.807) is 14.0 Å². The second-order valence-corrected chi connectivity index (χ2v) is 6.16. The van der Waals surface area contributed by atoms with Gasteiger partial charge >= 0.3 is 12.0 Å². The smallest absolute Gasteiger partial charge is 0.329 e. The lowest BCUT2D eigenvalue weighted by Gasteiger charge is -2.30. The number of nitrogens with one attached hydrogen (secondary N) is 1. The van der Waals surface area contributed by atoms with Crippen LogP contribution in [-0.4, -0.2) is 54.4 Å². The van der Waals surface area contributed by atoms with Crippen LogP contribution in [-0.2, 0) is 27.4 Å². The quantitative estimate of drug-likeness (QED) is 0.824. The molecule has 0 radical (unpaired) electrons. The Morgan fingerprint density at radius 2 is 2.08 bits per heavy atom. The number of rotatable bonds is 6. The summed E-state index contributed by atoms with van der Waals surface area (Å²) in [6.45, 7) is 2.63. The van der Waals surface area contributed by atoms with E-state index < -0.39 is 17.5 Å². The molecule has 1 aliphatic rings. The number of hydrogen-bond acceptors (Lipinski definition) is 4. The van der Waals surface area contributed by atoms with Crippen LogP contribution in [0, 0.1) is 0 Å². The highest BCUT2D eigenvalue weighted by molar-refractivity contribution is 5.86. The number of benzene rings is 1. The first-order chi connectivity index (χ1) is 11.4. The van der Waals surface area contributed by atoms with E-state index in [1.807, 2.05) is 24.3 Å². The van der Waals surface area contributed by atoms with Crippen LogP contribution in [0.4, 0.5) is 4.79 Å². The second-order valence-electron chi connectivity index (χ2n) is 6.16. The zero-order valence-electron chi connectivity index (χ0n) is 14.2. The molecule has 7 nitrogen and oxygen atoms in total. The summed E-state index contributed by atoms with van der Waals surface area (Å²) in [5.74, 6) is -1.03. The first-order valence-electron chi connectivity index (χ1n) is 7.79. The molecule has 2 rings (SSSR count). The van der Waals surface area contributed by atoms with Gasteiger partial charge in [-0.15, -0.1) is 0 Å². The first kappa shape index (κ1) is 18.2. The van der Waals surface area contributed by atoms with E-state index in [9.17, 15) is 14.7 Å². The summed E-state index contributed by atoms with van der Waals surface area (Å²) in [5, 5.41) is 12.3. The summed E-state index contributed by atoms with van der Waals surface area (Å²) in [5.41, 5.74) is 0.681. The Balaban J connectivity index is 2.03. The van der Waals surface area contributed by atoms with E-state index in [-0.39, 0.29) is 19.1 Å². The Bertz CT molecular complexity index is 606. The fourth-order valence-electron chi connectivity index (χ4n) is 2.96. The average molecular weight is 336 g/mol. The van der Waals surface area contributed by atoms with Crippen molar-refractivity contribution >= 4 is 12.0 Å². The van der Waals surface area contributed by atoms with Crippen molar-refractivity contribution in [1.82, 2.24) is 10.2 Å². The first-order valence-corrected chi connectivity index (χ1v) is 7.79. The van der Waals surface area contributed by atoms with E-state index in [4.69, 9.17) is 9.47 Å². The Morgan fingerprint density at radius 1 is 1.38 bits per heavy atom. The van der Waals surface area contributed by atoms with Gasteiger partial charge in [0.1, 0.15) is 5.54 Å².